The van der Waals surface area contributed by atoms with E-state index < -0.39 is 24.4 Å². The summed E-state index contributed by atoms with van der Waals surface area (Å²) >= 11 is 0. The number of esters is 1. The Kier molecular flexibility index (Phi) is 8.01. The number of nitrogens with one attached hydrogen (secondary N) is 2. The number of para-hydroxylation sites is 1. The predicted molar refractivity (Wildman–Crippen MR) is 117 cm³/mol. The number of benzene rings is 2. The van der Waals surface area contributed by atoms with Gasteiger partial charge in [-0.1, -0.05) is 39.0 Å². The third kappa shape index (κ3) is 7.02. The summed E-state index contributed by atoms with van der Waals surface area (Å²) in [5, 5.41) is 5.20. The molecule has 2 aromatic carbocycles. The van der Waals surface area contributed by atoms with Crippen LogP contribution in [0.25, 0.3) is 0 Å². The molecule has 0 atom stereocenters. The molecule has 0 spiro atoms. The maximum atomic E-state index is 12.3. The Morgan fingerprint density at radius 3 is 2.13 bits per heavy atom. The largest absolute Gasteiger partial charge is 0.497 e. The molecule has 166 valence electrons. The van der Waals surface area contributed by atoms with Crippen LogP contribution in [0.15, 0.2) is 42.5 Å². The van der Waals surface area contributed by atoms with E-state index in [-0.39, 0.29) is 17.5 Å². The van der Waals surface area contributed by atoms with Crippen LogP contribution in [0.4, 0.5) is 5.69 Å². The Labute approximate surface area is 181 Å². The molecule has 0 aliphatic rings. The highest BCUT2D eigenvalue weighted by atomic mass is 16.5. The van der Waals surface area contributed by atoms with Gasteiger partial charge in [0.05, 0.1) is 14.2 Å². The molecule has 0 radical (unpaired) electrons. The van der Waals surface area contributed by atoms with Crippen molar-refractivity contribution in [2.45, 2.75) is 26.2 Å². The van der Waals surface area contributed by atoms with Crippen molar-refractivity contribution >= 4 is 23.5 Å². The maximum Gasteiger partial charge on any atom is 0.325 e. The van der Waals surface area contributed by atoms with Crippen LogP contribution >= 0.6 is 0 Å². The summed E-state index contributed by atoms with van der Waals surface area (Å²) in [4.78, 5) is 36.4. The maximum absolute atomic E-state index is 12.3. The smallest absolute Gasteiger partial charge is 0.325 e. The molecule has 0 heterocycles. The lowest BCUT2D eigenvalue weighted by atomic mass is 9.86. The summed E-state index contributed by atoms with van der Waals surface area (Å²) in [5.74, 6) is -0.812. The molecule has 8 nitrogen and oxygen atoms in total. The van der Waals surface area contributed by atoms with E-state index in [2.05, 4.69) is 10.6 Å². The molecule has 0 unspecified atom stereocenters. The lowest BCUT2D eigenvalue weighted by Gasteiger charge is -2.22. The summed E-state index contributed by atoms with van der Waals surface area (Å²) < 4.78 is 15.2. The first-order valence-corrected chi connectivity index (χ1v) is 9.70. The van der Waals surface area contributed by atoms with Crippen LogP contribution < -0.4 is 20.1 Å². The van der Waals surface area contributed by atoms with E-state index in [4.69, 9.17) is 14.2 Å². The van der Waals surface area contributed by atoms with Gasteiger partial charge in [0.25, 0.3) is 11.8 Å². The first-order chi connectivity index (χ1) is 14.6. The predicted octanol–water partition coefficient (Wildman–Crippen LogP) is 2.91. The minimum atomic E-state index is -0.734. The highest BCUT2D eigenvalue weighted by Gasteiger charge is 2.19. The lowest BCUT2D eigenvalue weighted by molar-refractivity contribution is -0.146. The quantitative estimate of drug-likeness (QED) is 0.627. The molecule has 2 N–H and O–H groups in total. The number of methoxy groups -OCH3 is 2. The monoisotopic (exact) mass is 428 g/mol. The van der Waals surface area contributed by atoms with Gasteiger partial charge in [-0.15, -0.1) is 0 Å². The van der Waals surface area contributed by atoms with Gasteiger partial charge < -0.3 is 24.8 Å². The lowest BCUT2D eigenvalue weighted by Crippen LogP contribution is -2.32. The molecular formula is C23H28N2O6. The number of hydrogen-bond donors (Lipinski definition) is 2. The summed E-state index contributed by atoms with van der Waals surface area (Å²) in [5.41, 5.74) is 1.74. The van der Waals surface area contributed by atoms with Gasteiger partial charge in [-0.25, -0.2) is 0 Å². The summed E-state index contributed by atoms with van der Waals surface area (Å²) in [7, 11) is 2.94. The topological polar surface area (TPSA) is 103 Å². The van der Waals surface area contributed by atoms with E-state index in [1.165, 1.54) is 26.4 Å². The molecule has 2 aromatic rings. The van der Waals surface area contributed by atoms with Crippen molar-refractivity contribution in [3.63, 3.8) is 0 Å². The Morgan fingerprint density at radius 1 is 0.935 bits per heavy atom. The number of ether oxygens (including phenoxy) is 3. The van der Waals surface area contributed by atoms with Gasteiger partial charge in [0.15, 0.2) is 6.61 Å². The molecule has 31 heavy (non-hydrogen) atoms. The molecule has 0 saturated carbocycles. The van der Waals surface area contributed by atoms with Gasteiger partial charge in [-0.2, -0.15) is 0 Å². The van der Waals surface area contributed by atoms with E-state index in [0.29, 0.717) is 17.2 Å². The van der Waals surface area contributed by atoms with E-state index in [9.17, 15) is 14.4 Å². The van der Waals surface area contributed by atoms with Crippen LogP contribution in [-0.2, 0) is 19.7 Å². The van der Waals surface area contributed by atoms with Gasteiger partial charge in [0.1, 0.15) is 18.0 Å². The summed E-state index contributed by atoms with van der Waals surface area (Å²) in [6, 6.07) is 12.1. The molecule has 0 bridgehead atoms. The minimum absolute atomic E-state index is 0.159. The van der Waals surface area contributed by atoms with E-state index in [1.807, 2.05) is 39.0 Å². The third-order valence-electron chi connectivity index (χ3n) is 4.38. The Morgan fingerprint density at radius 2 is 1.55 bits per heavy atom. The van der Waals surface area contributed by atoms with Crippen molar-refractivity contribution in [1.29, 1.82) is 0 Å². The van der Waals surface area contributed by atoms with E-state index >= 15 is 0 Å². The zero-order valence-corrected chi connectivity index (χ0v) is 18.4. The average Bonchev–Trinajstić information content (AvgIpc) is 2.75. The van der Waals surface area contributed by atoms with E-state index in [1.54, 1.807) is 12.1 Å². The SMILES string of the molecule is COc1cc(OC)cc(C(=O)NCC(=O)OCC(=O)Nc2ccccc2C(C)(C)C)c1. The van der Waals surface area contributed by atoms with Crippen molar-refractivity contribution in [1.82, 2.24) is 5.32 Å². The second-order valence-electron chi connectivity index (χ2n) is 7.79. The number of carbonyl (C=O) groups excluding carboxylic acids is 3. The molecule has 0 fully saturated rings. The Hall–Kier alpha value is -3.55. The number of anilines is 1. The summed E-state index contributed by atoms with van der Waals surface area (Å²) in [6.45, 7) is 5.28. The zero-order chi connectivity index (χ0) is 23.0. The average molecular weight is 428 g/mol. The molecule has 0 saturated heterocycles. The van der Waals surface area contributed by atoms with Crippen LogP contribution in [0.3, 0.4) is 0 Å². The molecule has 0 aliphatic heterocycles. The normalized spacial score (nSPS) is 10.7. The van der Waals surface area contributed by atoms with Gasteiger partial charge in [-0.05, 0) is 29.2 Å². The van der Waals surface area contributed by atoms with Crippen molar-refractivity contribution in [3.05, 3.63) is 53.6 Å². The molecule has 2 amide bonds. The van der Waals surface area contributed by atoms with Crippen LogP contribution in [0.2, 0.25) is 0 Å². The van der Waals surface area contributed by atoms with Gasteiger partial charge in [-0.3, -0.25) is 14.4 Å². The standard InChI is InChI=1S/C23H28N2O6/c1-23(2,3)18-8-6-7-9-19(18)25-20(26)14-31-21(27)13-24-22(28)15-10-16(29-4)12-17(11-15)30-5/h6-12H,13-14H2,1-5H3,(H,24,28)(H,25,26). The Bertz CT molecular complexity index is 927. The fourth-order valence-electron chi connectivity index (χ4n) is 2.82. The number of rotatable bonds is 8. The first-order valence-electron chi connectivity index (χ1n) is 9.70. The summed E-state index contributed by atoms with van der Waals surface area (Å²) in [6.07, 6.45) is 0. The number of hydrogen-bond acceptors (Lipinski definition) is 6. The molecule has 2 rings (SSSR count). The van der Waals surface area contributed by atoms with Gasteiger partial charge in [0.2, 0.25) is 0 Å². The van der Waals surface area contributed by atoms with Crippen LogP contribution in [-0.4, -0.2) is 45.2 Å². The second-order valence-corrected chi connectivity index (χ2v) is 7.79. The fraction of sp³-hybridized carbons (Fsp3) is 0.348. The second kappa shape index (κ2) is 10.5. The fourth-order valence-corrected chi connectivity index (χ4v) is 2.82. The minimum Gasteiger partial charge on any atom is -0.497 e. The van der Waals surface area contributed by atoms with Gasteiger partial charge in [0, 0.05) is 17.3 Å². The van der Waals surface area contributed by atoms with E-state index in [0.717, 1.165) is 5.56 Å². The van der Waals surface area contributed by atoms with Crippen molar-refractivity contribution < 1.29 is 28.6 Å². The van der Waals surface area contributed by atoms with Gasteiger partial charge >= 0.3 is 5.97 Å². The molecule has 8 heteroatoms. The number of amides is 2. The highest BCUT2D eigenvalue weighted by molar-refractivity contribution is 5.97. The number of carbonyl (C=O) groups is 3. The van der Waals surface area contributed by atoms with Crippen LogP contribution in [0.1, 0.15) is 36.7 Å². The highest BCUT2D eigenvalue weighted by Crippen LogP contribution is 2.29. The van der Waals surface area contributed by atoms with Crippen molar-refractivity contribution in [2.75, 3.05) is 32.7 Å². The first kappa shape index (κ1) is 23.7. The van der Waals surface area contributed by atoms with Crippen LogP contribution in [0, 0.1) is 0 Å². The zero-order valence-electron chi connectivity index (χ0n) is 18.4. The Balaban J connectivity index is 1.86. The molecular weight excluding hydrogens is 400 g/mol. The molecule has 0 aromatic heterocycles. The van der Waals surface area contributed by atoms with Crippen molar-refractivity contribution in [3.8, 4) is 11.5 Å². The van der Waals surface area contributed by atoms with Crippen molar-refractivity contribution in [2.24, 2.45) is 0 Å². The third-order valence-corrected chi connectivity index (χ3v) is 4.38. The van der Waals surface area contributed by atoms with Crippen LogP contribution in [0.5, 0.6) is 11.5 Å². The molecule has 0 aliphatic carbocycles.